The normalized spacial score (nSPS) is 17.4. The van der Waals surface area contributed by atoms with Crippen molar-refractivity contribution in [2.45, 2.75) is 17.4 Å². The SMILES string of the molecule is CSc1ccc(C(=O)N2CC[C@@H]2c2ccc(F)cc2)cc1. The molecule has 0 radical (unpaired) electrons. The Labute approximate surface area is 128 Å². The summed E-state index contributed by atoms with van der Waals surface area (Å²) in [5.41, 5.74) is 1.70. The van der Waals surface area contributed by atoms with Gasteiger partial charge in [-0.3, -0.25) is 4.79 Å². The molecule has 1 aliphatic rings. The molecule has 1 fully saturated rings. The van der Waals surface area contributed by atoms with Crippen molar-refractivity contribution in [1.29, 1.82) is 0 Å². The molecule has 0 aliphatic carbocycles. The summed E-state index contributed by atoms with van der Waals surface area (Å²) in [6.07, 6.45) is 2.94. The number of nitrogens with zero attached hydrogens (tertiary/aromatic N) is 1. The number of hydrogen-bond acceptors (Lipinski definition) is 2. The van der Waals surface area contributed by atoms with Gasteiger partial charge in [0.2, 0.25) is 0 Å². The largest absolute Gasteiger partial charge is 0.331 e. The summed E-state index contributed by atoms with van der Waals surface area (Å²) in [6.45, 7) is 0.755. The molecule has 3 rings (SSSR count). The van der Waals surface area contributed by atoms with Crippen molar-refractivity contribution < 1.29 is 9.18 Å². The first-order valence-corrected chi connectivity index (χ1v) is 8.12. The van der Waals surface area contributed by atoms with Crippen LogP contribution >= 0.6 is 11.8 Å². The molecule has 0 unspecified atom stereocenters. The Morgan fingerprint density at radius 1 is 1.14 bits per heavy atom. The molecule has 0 saturated carbocycles. The summed E-state index contributed by atoms with van der Waals surface area (Å²) in [6, 6.07) is 14.1. The number of likely N-dealkylation sites (tertiary alicyclic amines) is 1. The Bertz CT molecular complexity index is 639. The van der Waals surface area contributed by atoms with Crippen LogP contribution in [0.2, 0.25) is 0 Å². The first kappa shape index (κ1) is 14.1. The van der Waals surface area contributed by atoms with Crippen LogP contribution in [0.25, 0.3) is 0 Å². The third-order valence-corrected chi connectivity index (χ3v) is 4.62. The monoisotopic (exact) mass is 301 g/mol. The summed E-state index contributed by atoms with van der Waals surface area (Å²) in [5, 5.41) is 0. The van der Waals surface area contributed by atoms with Gasteiger partial charge in [0.25, 0.3) is 5.91 Å². The molecule has 0 bridgehead atoms. The number of carbonyl (C=O) groups excluding carboxylic acids is 1. The molecular weight excluding hydrogens is 285 g/mol. The molecule has 21 heavy (non-hydrogen) atoms. The van der Waals surface area contributed by atoms with Gasteiger partial charge >= 0.3 is 0 Å². The third-order valence-electron chi connectivity index (χ3n) is 3.87. The number of thioether (sulfide) groups is 1. The Morgan fingerprint density at radius 3 is 2.33 bits per heavy atom. The first-order valence-electron chi connectivity index (χ1n) is 6.89. The Balaban J connectivity index is 1.76. The van der Waals surface area contributed by atoms with Gasteiger partial charge in [0.1, 0.15) is 5.82 Å². The lowest BCUT2D eigenvalue weighted by atomic mass is 9.93. The lowest BCUT2D eigenvalue weighted by Gasteiger charge is -2.41. The smallest absolute Gasteiger partial charge is 0.254 e. The van der Waals surface area contributed by atoms with E-state index >= 15 is 0 Å². The Morgan fingerprint density at radius 2 is 1.81 bits per heavy atom. The lowest BCUT2D eigenvalue weighted by molar-refractivity contribution is 0.0460. The van der Waals surface area contributed by atoms with Gasteiger partial charge < -0.3 is 4.90 Å². The zero-order valence-corrected chi connectivity index (χ0v) is 12.6. The van der Waals surface area contributed by atoms with Gasteiger partial charge in [-0.15, -0.1) is 11.8 Å². The van der Waals surface area contributed by atoms with Crippen LogP contribution in [0.4, 0.5) is 4.39 Å². The topological polar surface area (TPSA) is 20.3 Å². The van der Waals surface area contributed by atoms with Gasteiger partial charge in [0.05, 0.1) is 6.04 Å². The molecule has 1 saturated heterocycles. The second kappa shape index (κ2) is 5.90. The van der Waals surface area contributed by atoms with Crippen LogP contribution < -0.4 is 0 Å². The standard InChI is InChI=1S/C17H16FNOS/c1-21-15-8-4-13(5-9-15)17(20)19-11-10-16(19)12-2-6-14(18)7-3-12/h2-9,16H,10-11H2,1H3/t16-/m1/s1. The van der Waals surface area contributed by atoms with E-state index in [-0.39, 0.29) is 17.8 Å². The third kappa shape index (κ3) is 2.81. The van der Waals surface area contributed by atoms with E-state index in [1.54, 1.807) is 23.9 Å². The highest BCUT2D eigenvalue weighted by Gasteiger charge is 2.33. The van der Waals surface area contributed by atoms with Crippen LogP contribution in [0.15, 0.2) is 53.4 Å². The predicted molar refractivity (Wildman–Crippen MR) is 83.0 cm³/mol. The van der Waals surface area contributed by atoms with E-state index in [1.807, 2.05) is 35.4 Å². The minimum absolute atomic E-state index is 0.0447. The fourth-order valence-electron chi connectivity index (χ4n) is 2.56. The molecule has 2 nitrogen and oxygen atoms in total. The molecular formula is C17H16FNOS. The van der Waals surface area contributed by atoms with Crippen LogP contribution in [-0.4, -0.2) is 23.6 Å². The second-order valence-corrected chi connectivity index (χ2v) is 5.96. The molecule has 1 atom stereocenters. The van der Waals surface area contributed by atoms with E-state index in [4.69, 9.17) is 0 Å². The van der Waals surface area contributed by atoms with Crippen LogP contribution in [0, 0.1) is 5.82 Å². The van der Waals surface area contributed by atoms with E-state index in [2.05, 4.69) is 0 Å². The maximum atomic E-state index is 13.0. The summed E-state index contributed by atoms with van der Waals surface area (Å²) in [4.78, 5) is 15.5. The highest BCUT2D eigenvalue weighted by molar-refractivity contribution is 7.98. The molecule has 2 aromatic rings. The summed E-state index contributed by atoms with van der Waals surface area (Å²) >= 11 is 1.66. The summed E-state index contributed by atoms with van der Waals surface area (Å²) in [5.74, 6) is -0.202. The van der Waals surface area contributed by atoms with E-state index < -0.39 is 0 Å². The van der Waals surface area contributed by atoms with Gasteiger partial charge in [-0.2, -0.15) is 0 Å². The number of halogens is 1. The Hall–Kier alpha value is -1.81. The molecule has 0 N–H and O–H groups in total. The maximum Gasteiger partial charge on any atom is 0.254 e. The minimum atomic E-state index is -0.247. The van der Waals surface area contributed by atoms with Gasteiger partial charge in [-0.05, 0) is 54.6 Å². The lowest BCUT2D eigenvalue weighted by Crippen LogP contribution is -2.45. The molecule has 0 spiro atoms. The highest BCUT2D eigenvalue weighted by Crippen LogP contribution is 2.34. The number of benzene rings is 2. The van der Waals surface area contributed by atoms with E-state index in [0.717, 1.165) is 23.4 Å². The molecule has 0 aromatic heterocycles. The van der Waals surface area contributed by atoms with Crippen molar-refractivity contribution in [2.24, 2.45) is 0 Å². The van der Waals surface area contributed by atoms with Crippen LogP contribution in [0.5, 0.6) is 0 Å². The second-order valence-electron chi connectivity index (χ2n) is 5.08. The molecule has 1 heterocycles. The fraction of sp³-hybridized carbons (Fsp3) is 0.235. The molecule has 1 amide bonds. The molecule has 4 heteroatoms. The number of amides is 1. The van der Waals surface area contributed by atoms with Gasteiger partial charge in [-0.1, -0.05) is 12.1 Å². The molecule has 1 aliphatic heterocycles. The van der Waals surface area contributed by atoms with Crippen molar-refractivity contribution >= 4 is 17.7 Å². The Kier molecular flexibility index (Phi) is 3.97. The predicted octanol–water partition coefficient (Wildman–Crippen LogP) is 4.13. The highest BCUT2D eigenvalue weighted by atomic mass is 32.2. The van der Waals surface area contributed by atoms with Crippen molar-refractivity contribution in [2.75, 3.05) is 12.8 Å². The average Bonchev–Trinajstić information content (AvgIpc) is 2.48. The van der Waals surface area contributed by atoms with Gasteiger partial charge in [0, 0.05) is 17.0 Å². The van der Waals surface area contributed by atoms with Crippen molar-refractivity contribution in [3.8, 4) is 0 Å². The van der Waals surface area contributed by atoms with E-state index in [0.29, 0.717) is 5.56 Å². The van der Waals surface area contributed by atoms with E-state index in [9.17, 15) is 9.18 Å². The number of hydrogen-bond donors (Lipinski definition) is 0. The zero-order valence-electron chi connectivity index (χ0n) is 11.8. The summed E-state index contributed by atoms with van der Waals surface area (Å²) < 4.78 is 13.0. The zero-order chi connectivity index (χ0) is 14.8. The van der Waals surface area contributed by atoms with Crippen molar-refractivity contribution in [1.82, 2.24) is 4.90 Å². The van der Waals surface area contributed by atoms with Crippen LogP contribution in [-0.2, 0) is 0 Å². The first-order chi connectivity index (χ1) is 10.2. The van der Waals surface area contributed by atoms with Crippen LogP contribution in [0.1, 0.15) is 28.4 Å². The average molecular weight is 301 g/mol. The molecule has 2 aromatic carbocycles. The number of carbonyl (C=O) groups is 1. The van der Waals surface area contributed by atoms with Gasteiger partial charge in [0.15, 0.2) is 0 Å². The molecule has 108 valence electrons. The fourth-order valence-corrected chi connectivity index (χ4v) is 2.97. The minimum Gasteiger partial charge on any atom is -0.331 e. The number of rotatable bonds is 3. The van der Waals surface area contributed by atoms with Crippen molar-refractivity contribution in [3.63, 3.8) is 0 Å². The summed E-state index contributed by atoms with van der Waals surface area (Å²) in [7, 11) is 0. The maximum absolute atomic E-state index is 13.0. The quantitative estimate of drug-likeness (QED) is 0.794. The van der Waals surface area contributed by atoms with Crippen LogP contribution in [0.3, 0.4) is 0 Å². The van der Waals surface area contributed by atoms with E-state index in [1.165, 1.54) is 12.1 Å². The van der Waals surface area contributed by atoms with Crippen molar-refractivity contribution in [3.05, 3.63) is 65.5 Å². The van der Waals surface area contributed by atoms with Gasteiger partial charge in [-0.25, -0.2) is 4.39 Å².